The van der Waals surface area contributed by atoms with Gasteiger partial charge in [-0.2, -0.15) is 0 Å². The van der Waals surface area contributed by atoms with Gasteiger partial charge in [-0.05, 0) is 68.6 Å². The number of fused-ring (bicyclic) bond motifs is 2. The van der Waals surface area contributed by atoms with Crippen molar-refractivity contribution in [3.05, 3.63) is 71.9 Å². The Bertz CT molecular complexity index is 3140. The first-order valence-corrected chi connectivity index (χ1v) is 36.6. The van der Waals surface area contributed by atoms with E-state index in [-0.39, 0.29) is 148 Å². The number of ether oxygens (including phenoxy) is 4. The van der Waals surface area contributed by atoms with Gasteiger partial charge in [-0.15, -0.1) is 0 Å². The van der Waals surface area contributed by atoms with E-state index < -0.39 is 108 Å². The molecular weight excluding hydrogens is 1330 g/mol. The van der Waals surface area contributed by atoms with E-state index in [1.165, 1.54) is 38.5 Å². The largest absolute Gasteiger partial charge is 0.391 e. The van der Waals surface area contributed by atoms with Crippen LogP contribution in [0.4, 0.5) is 0 Å². The minimum absolute atomic E-state index is 0.0111. The van der Waals surface area contributed by atoms with Gasteiger partial charge in [0, 0.05) is 81.9 Å². The van der Waals surface area contributed by atoms with Crippen molar-refractivity contribution < 1.29 is 76.8 Å². The number of para-hydroxylation sites is 1. The molecule has 11 amide bonds. The molecule has 8 atom stereocenters. The molecule has 2 aliphatic heterocycles. The molecule has 0 radical (unpaired) electrons. The lowest BCUT2D eigenvalue weighted by Gasteiger charge is -2.31. The average Bonchev–Trinajstić information content (AvgIpc) is 1.71. The highest BCUT2D eigenvalue weighted by molar-refractivity contribution is 5.98. The van der Waals surface area contributed by atoms with Gasteiger partial charge in [0.1, 0.15) is 55.5 Å². The van der Waals surface area contributed by atoms with Crippen LogP contribution in [-0.4, -0.2) is 220 Å². The fraction of sp³-hybridized carbons (Fsp3) is 0.639. The summed E-state index contributed by atoms with van der Waals surface area (Å²) in [6.45, 7) is 4.72. The third-order valence-corrected chi connectivity index (χ3v) is 17.7. The minimum atomic E-state index is -1.51. The summed E-state index contributed by atoms with van der Waals surface area (Å²) >= 11 is 0. The van der Waals surface area contributed by atoms with Gasteiger partial charge in [0.05, 0.1) is 45.7 Å². The molecule has 0 unspecified atom stereocenters. The summed E-state index contributed by atoms with van der Waals surface area (Å²) in [6, 6.07) is 6.39. The number of amides is 11. The number of carbonyl (C=O) groups excluding carboxylic acids is 11. The van der Waals surface area contributed by atoms with E-state index in [0.717, 1.165) is 35.1 Å². The summed E-state index contributed by atoms with van der Waals surface area (Å²) < 4.78 is 22.0. The van der Waals surface area contributed by atoms with Crippen LogP contribution in [0.15, 0.2) is 60.8 Å². The third kappa shape index (κ3) is 33.5. The van der Waals surface area contributed by atoms with Crippen LogP contribution in [0.25, 0.3) is 10.9 Å². The van der Waals surface area contributed by atoms with Crippen molar-refractivity contribution in [2.75, 3.05) is 85.6 Å². The topological polar surface area (TPSA) is 460 Å². The van der Waals surface area contributed by atoms with Crippen LogP contribution in [0.1, 0.15) is 160 Å². The Kier molecular flexibility index (Phi) is 40.4. The molecule has 5 rings (SSSR count). The molecule has 2 saturated heterocycles. The number of hydrogen-bond donors (Lipinski definition) is 15. The number of unbranched alkanes of at least 4 members (excludes halogenated alkanes) is 9. The Balaban J connectivity index is 1.20. The number of nitrogens with one attached hydrogen (secondary N) is 12. The smallest absolute Gasteiger partial charge is 0.246 e. The first-order valence-electron chi connectivity index (χ1n) is 36.6. The molecule has 0 bridgehead atoms. The number of guanidine groups is 1. The second kappa shape index (κ2) is 49.0. The molecule has 2 fully saturated rings. The normalized spacial score (nSPS) is 20.0. The molecule has 0 spiro atoms. The summed E-state index contributed by atoms with van der Waals surface area (Å²) in [6.07, 6.45) is 12.4. The van der Waals surface area contributed by atoms with Gasteiger partial charge in [-0.3, -0.25) is 58.1 Å². The summed E-state index contributed by atoms with van der Waals surface area (Å²) in [7, 11) is 0. The van der Waals surface area contributed by atoms with E-state index >= 15 is 0 Å². The quantitative estimate of drug-likeness (QED) is 0.0215. The van der Waals surface area contributed by atoms with Gasteiger partial charge < -0.3 is 98.6 Å². The zero-order valence-corrected chi connectivity index (χ0v) is 60.0. The van der Waals surface area contributed by atoms with E-state index in [4.69, 9.17) is 35.8 Å². The fourth-order valence-electron chi connectivity index (χ4n) is 12.0. The number of aliphatic hydroxyl groups is 1. The van der Waals surface area contributed by atoms with Gasteiger partial charge in [0.25, 0.3) is 0 Å². The lowest BCUT2D eigenvalue weighted by molar-refractivity contribution is -0.143. The second-order valence-corrected chi connectivity index (χ2v) is 26.1. The number of aromatic amines is 1. The van der Waals surface area contributed by atoms with E-state index in [1.807, 2.05) is 31.2 Å². The third-order valence-electron chi connectivity index (χ3n) is 17.7. The van der Waals surface area contributed by atoms with E-state index in [1.54, 1.807) is 36.5 Å². The predicted molar refractivity (Wildman–Crippen MR) is 385 cm³/mol. The summed E-state index contributed by atoms with van der Waals surface area (Å²) in [5.74, 6) is -7.68. The number of nitrogens with zero attached hydrogens (tertiary/aromatic N) is 1. The first kappa shape index (κ1) is 84.9. The summed E-state index contributed by atoms with van der Waals surface area (Å²) in [5.41, 5.74) is 13.4. The van der Waals surface area contributed by atoms with Gasteiger partial charge in [-0.1, -0.05) is 127 Å². The standard InChI is InChI=1S/C72H113N15O16/c1-3-5-7-8-9-10-11-12-16-29-61(89)77-34-36-100-38-40-102-47-63(91)78-35-37-101-39-41-103-48-64(92)81-55(25-6-4-2)66(94)84-57-30-31-62(90)76-32-20-19-27-54(65(73)93)82-69(97)59(43-50-45-80-53-26-18-17-24-52(50)53)85-67(95)56(28-21-33-79-72(74)75)83-68(96)58(42-49-22-14-13-15-23-49)86-70(98)60-44-51(88)46-87(60)71(57)99/h13-15,17-18,22-24,26,45,51,54-60,80,88H,3-12,16,19-21,25,27-44,46-48H2,1-2H3,(H2,73,93)(H,76,90)(H,77,89)(H,78,91)(H,81,92)(H,82,97)(H,83,96)(H,84,94)(H,85,95)(H,86,98)(H4,74,75,79)/t51-,54+,55+,56+,57+,58-,59+,60+/m1/s1. The Morgan fingerprint density at radius 3 is 1.92 bits per heavy atom. The van der Waals surface area contributed by atoms with Gasteiger partial charge in [-0.25, -0.2) is 0 Å². The predicted octanol–water partition coefficient (Wildman–Crippen LogP) is 1.06. The molecule has 2 aliphatic rings. The maximum atomic E-state index is 15.0. The number of H-pyrrole nitrogens is 1. The number of aliphatic hydroxyl groups excluding tert-OH is 1. The fourth-order valence-corrected chi connectivity index (χ4v) is 12.0. The van der Waals surface area contributed by atoms with Crippen LogP contribution in [-0.2, 0) is 84.5 Å². The highest BCUT2D eigenvalue weighted by atomic mass is 16.5. The monoisotopic (exact) mass is 1440 g/mol. The van der Waals surface area contributed by atoms with Crippen LogP contribution in [0.5, 0.6) is 0 Å². The molecule has 3 aromatic rings. The number of hydrogen-bond acceptors (Lipinski definition) is 17. The van der Waals surface area contributed by atoms with E-state index in [0.29, 0.717) is 50.0 Å². The van der Waals surface area contributed by atoms with Crippen LogP contribution in [0.3, 0.4) is 0 Å². The highest BCUT2D eigenvalue weighted by Crippen LogP contribution is 2.23. The zero-order valence-electron chi connectivity index (χ0n) is 60.0. The molecule has 31 heteroatoms. The molecule has 31 nitrogen and oxygen atoms in total. The minimum Gasteiger partial charge on any atom is -0.391 e. The maximum Gasteiger partial charge on any atom is 0.246 e. The number of primary amides is 1. The van der Waals surface area contributed by atoms with Crippen molar-refractivity contribution in [1.29, 1.82) is 5.41 Å². The van der Waals surface area contributed by atoms with E-state index in [9.17, 15) is 57.8 Å². The van der Waals surface area contributed by atoms with Crippen LogP contribution >= 0.6 is 0 Å². The molecule has 0 saturated carbocycles. The molecule has 1 aromatic heterocycles. The summed E-state index contributed by atoms with van der Waals surface area (Å²) in [4.78, 5) is 157. The first-order chi connectivity index (χ1) is 49.8. The lowest BCUT2D eigenvalue weighted by atomic mass is 10.0. The number of nitrogens with two attached hydrogens (primary N) is 2. The van der Waals surface area contributed by atoms with E-state index in [2.05, 4.69) is 65.1 Å². The number of aromatic nitrogens is 1. The van der Waals surface area contributed by atoms with Gasteiger partial charge >= 0.3 is 0 Å². The van der Waals surface area contributed by atoms with Crippen molar-refractivity contribution in [3.8, 4) is 0 Å². The van der Waals surface area contributed by atoms with Gasteiger partial charge in [0.15, 0.2) is 5.96 Å². The van der Waals surface area contributed by atoms with Gasteiger partial charge in [0.2, 0.25) is 65.0 Å². The number of carbonyl (C=O) groups is 11. The van der Waals surface area contributed by atoms with Crippen molar-refractivity contribution in [1.82, 2.24) is 63.1 Å². The van der Waals surface area contributed by atoms with Crippen LogP contribution in [0.2, 0.25) is 0 Å². The summed E-state index contributed by atoms with van der Waals surface area (Å²) in [5, 5.41) is 47.1. The Hall–Kier alpha value is -8.78. The number of benzene rings is 2. The molecule has 17 N–H and O–H groups in total. The van der Waals surface area contributed by atoms with Crippen molar-refractivity contribution in [2.45, 2.75) is 210 Å². The average molecular weight is 1440 g/mol. The van der Waals surface area contributed by atoms with Crippen LogP contribution < -0.4 is 64.6 Å². The molecule has 572 valence electrons. The lowest BCUT2D eigenvalue weighted by Crippen LogP contribution is -2.60. The molecule has 3 heterocycles. The Morgan fingerprint density at radius 1 is 0.631 bits per heavy atom. The van der Waals surface area contributed by atoms with Crippen molar-refractivity contribution in [2.24, 2.45) is 11.5 Å². The second-order valence-electron chi connectivity index (χ2n) is 26.1. The molecule has 103 heavy (non-hydrogen) atoms. The zero-order chi connectivity index (χ0) is 74.6. The molecule has 0 aliphatic carbocycles. The molecular formula is C72H113N15O16. The Morgan fingerprint density at radius 2 is 1.23 bits per heavy atom. The SMILES string of the molecule is CCCCCCCCCCCC(=O)NCCOCCOCC(=O)NCCOCCOCC(=O)N[C@@H](CCCC)C(=O)N[C@H]1CCC(=O)NCCCC[C@@H](C(N)=O)NC(=O)[C@H](Cc2c[nH]c3ccccc23)NC(=O)[C@H](CCCNC(=N)N)NC(=O)[C@@H](Cc2ccccc2)NC(=O)[C@@H]2C[C@@H](O)CN2C1=O. The maximum absolute atomic E-state index is 15.0. The van der Waals surface area contributed by atoms with Crippen molar-refractivity contribution >= 4 is 81.8 Å². The van der Waals surface area contributed by atoms with Crippen LogP contribution in [0, 0.1) is 5.41 Å². The number of rotatable bonds is 41. The van der Waals surface area contributed by atoms with Crippen molar-refractivity contribution in [3.63, 3.8) is 0 Å². The molecule has 2 aromatic carbocycles. The Labute approximate surface area is 603 Å². The highest BCUT2D eigenvalue weighted by Gasteiger charge is 2.43.